The molecule has 0 aromatic rings. The molecule has 0 aromatic heterocycles. The molecule has 0 radical (unpaired) electrons. The fourth-order valence-corrected chi connectivity index (χ4v) is 1.38. The van der Waals surface area contributed by atoms with Crippen LogP contribution >= 0.6 is 0 Å². The molecule has 0 aromatic carbocycles. The average molecular weight is 110 g/mol. The van der Waals surface area contributed by atoms with Crippen molar-refractivity contribution in [3.8, 4) is 0 Å². The third-order valence-corrected chi connectivity index (χ3v) is 1.82. The van der Waals surface area contributed by atoms with Crippen LogP contribution < -0.4 is 10.6 Å². The van der Waals surface area contributed by atoms with Gasteiger partial charge in [0.05, 0.1) is 0 Å². The Kier molecular flexibility index (Phi) is 0.815. The molecule has 1 fully saturated rings. The standard InChI is InChI=1S/C6H10N2/c1-3-7-6-2-4-8-5(1)6/h1,6-8H,2-4H2. The molecule has 2 rings (SSSR count). The highest BCUT2D eigenvalue weighted by atomic mass is 15.1. The Bertz CT molecular complexity index is 128. The van der Waals surface area contributed by atoms with Crippen molar-refractivity contribution in [2.45, 2.75) is 12.5 Å². The van der Waals surface area contributed by atoms with Crippen molar-refractivity contribution >= 4 is 0 Å². The van der Waals surface area contributed by atoms with Crippen LogP contribution in [-0.2, 0) is 0 Å². The van der Waals surface area contributed by atoms with Gasteiger partial charge in [0.1, 0.15) is 0 Å². The van der Waals surface area contributed by atoms with Crippen LogP contribution in [0, 0.1) is 0 Å². The number of hydrogen-bond donors (Lipinski definition) is 2. The topological polar surface area (TPSA) is 24.1 Å². The Morgan fingerprint density at radius 1 is 1.62 bits per heavy atom. The fraction of sp³-hybridized carbons (Fsp3) is 0.667. The normalized spacial score (nSPS) is 34.0. The van der Waals surface area contributed by atoms with E-state index >= 15 is 0 Å². The van der Waals surface area contributed by atoms with Gasteiger partial charge in [0.2, 0.25) is 0 Å². The number of fused-ring (bicyclic) bond motifs is 1. The molecular formula is C6H10N2. The van der Waals surface area contributed by atoms with E-state index in [0.29, 0.717) is 6.04 Å². The van der Waals surface area contributed by atoms with Crippen molar-refractivity contribution in [3.63, 3.8) is 0 Å². The summed E-state index contributed by atoms with van der Waals surface area (Å²) in [6.07, 6.45) is 3.50. The lowest BCUT2D eigenvalue weighted by Crippen LogP contribution is -2.21. The van der Waals surface area contributed by atoms with Gasteiger partial charge in [-0.3, -0.25) is 0 Å². The summed E-state index contributed by atoms with van der Waals surface area (Å²) < 4.78 is 0. The van der Waals surface area contributed by atoms with Gasteiger partial charge >= 0.3 is 0 Å². The minimum absolute atomic E-state index is 0.676. The van der Waals surface area contributed by atoms with Crippen LogP contribution in [0.3, 0.4) is 0 Å². The third kappa shape index (κ3) is 0.464. The minimum Gasteiger partial charge on any atom is -0.387 e. The molecule has 2 N–H and O–H groups in total. The molecule has 0 bridgehead atoms. The van der Waals surface area contributed by atoms with Crippen LogP contribution in [0.25, 0.3) is 0 Å². The lowest BCUT2D eigenvalue weighted by atomic mass is 10.2. The summed E-state index contributed by atoms with van der Waals surface area (Å²) in [5.74, 6) is 0. The van der Waals surface area contributed by atoms with E-state index in [1.807, 2.05) is 0 Å². The Hall–Kier alpha value is -0.500. The second-order valence-electron chi connectivity index (χ2n) is 2.34. The van der Waals surface area contributed by atoms with Gasteiger partial charge < -0.3 is 10.6 Å². The van der Waals surface area contributed by atoms with Crippen molar-refractivity contribution in [1.29, 1.82) is 0 Å². The van der Waals surface area contributed by atoms with Crippen LogP contribution in [0.1, 0.15) is 6.42 Å². The Morgan fingerprint density at radius 2 is 2.62 bits per heavy atom. The van der Waals surface area contributed by atoms with Crippen LogP contribution in [0.4, 0.5) is 0 Å². The molecule has 0 saturated carbocycles. The van der Waals surface area contributed by atoms with Crippen molar-refractivity contribution < 1.29 is 0 Å². The zero-order chi connectivity index (χ0) is 5.40. The van der Waals surface area contributed by atoms with E-state index in [-0.39, 0.29) is 0 Å². The van der Waals surface area contributed by atoms with Crippen molar-refractivity contribution in [2.24, 2.45) is 0 Å². The summed E-state index contributed by atoms with van der Waals surface area (Å²) in [6, 6.07) is 0.676. The minimum atomic E-state index is 0.676. The fourth-order valence-electron chi connectivity index (χ4n) is 1.38. The maximum absolute atomic E-state index is 3.36. The number of nitrogens with one attached hydrogen (secondary N) is 2. The van der Waals surface area contributed by atoms with Gasteiger partial charge in [-0.05, 0) is 6.42 Å². The zero-order valence-electron chi connectivity index (χ0n) is 4.78. The van der Waals surface area contributed by atoms with E-state index in [4.69, 9.17) is 0 Å². The summed E-state index contributed by atoms with van der Waals surface area (Å²) in [6.45, 7) is 2.22. The molecule has 2 aliphatic rings. The summed E-state index contributed by atoms with van der Waals surface area (Å²) in [5.41, 5.74) is 1.42. The molecule has 2 nitrogen and oxygen atoms in total. The first kappa shape index (κ1) is 4.39. The predicted molar refractivity (Wildman–Crippen MR) is 32.5 cm³/mol. The van der Waals surface area contributed by atoms with E-state index in [0.717, 1.165) is 13.1 Å². The summed E-state index contributed by atoms with van der Waals surface area (Å²) in [4.78, 5) is 0. The predicted octanol–water partition coefficient (Wildman–Crippen LogP) is -0.165. The lowest BCUT2D eigenvalue weighted by molar-refractivity contribution is 0.660. The second kappa shape index (κ2) is 1.49. The Labute approximate surface area is 49.0 Å². The van der Waals surface area contributed by atoms with Gasteiger partial charge in [-0.2, -0.15) is 0 Å². The molecule has 2 heteroatoms. The first-order valence-electron chi connectivity index (χ1n) is 3.14. The van der Waals surface area contributed by atoms with Gasteiger partial charge in [0, 0.05) is 24.8 Å². The molecule has 1 unspecified atom stereocenters. The molecule has 2 aliphatic heterocycles. The van der Waals surface area contributed by atoms with Crippen LogP contribution in [0.15, 0.2) is 11.8 Å². The van der Waals surface area contributed by atoms with E-state index in [1.165, 1.54) is 12.1 Å². The second-order valence-corrected chi connectivity index (χ2v) is 2.34. The molecule has 1 atom stereocenters. The molecule has 0 amide bonds. The lowest BCUT2D eigenvalue weighted by Gasteiger charge is -2.00. The summed E-state index contributed by atoms with van der Waals surface area (Å²) >= 11 is 0. The monoisotopic (exact) mass is 110 g/mol. The highest BCUT2D eigenvalue weighted by Gasteiger charge is 2.22. The van der Waals surface area contributed by atoms with Gasteiger partial charge in [0.25, 0.3) is 0 Å². The van der Waals surface area contributed by atoms with Gasteiger partial charge in [-0.15, -0.1) is 0 Å². The van der Waals surface area contributed by atoms with E-state index in [1.54, 1.807) is 0 Å². The molecule has 0 spiro atoms. The van der Waals surface area contributed by atoms with Crippen molar-refractivity contribution in [2.75, 3.05) is 13.1 Å². The summed E-state index contributed by atoms with van der Waals surface area (Å²) in [7, 11) is 0. The smallest absolute Gasteiger partial charge is 0.0485 e. The maximum Gasteiger partial charge on any atom is 0.0485 e. The van der Waals surface area contributed by atoms with E-state index < -0.39 is 0 Å². The van der Waals surface area contributed by atoms with Crippen molar-refractivity contribution in [3.05, 3.63) is 11.8 Å². The van der Waals surface area contributed by atoms with Crippen molar-refractivity contribution in [1.82, 2.24) is 10.6 Å². The quantitative estimate of drug-likeness (QED) is 0.452. The van der Waals surface area contributed by atoms with Crippen LogP contribution in [0.2, 0.25) is 0 Å². The van der Waals surface area contributed by atoms with Crippen LogP contribution in [-0.4, -0.2) is 19.1 Å². The SMILES string of the molecule is C1=C2NCCC2NC1. The average Bonchev–Trinajstić information content (AvgIpc) is 2.15. The zero-order valence-corrected chi connectivity index (χ0v) is 4.78. The Balaban J connectivity index is 2.20. The van der Waals surface area contributed by atoms with Gasteiger partial charge in [-0.25, -0.2) is 0 Å². The first-order chi connectivity index (χ1) is 3.97. The molecule has 2 heterocycles. The molecule has 1 saturated heterocycles. The highest BCUT2D eigenvalue weighted by molar-refractivity contribution is 5.19. The molecule has 0 aliphatic carbocycles. The number of hydrogen-bond acceptors (Lipinski definition) is 2. The third-order valence-electron chi connectivity index (χ3n) is 1.82. The highest BCUT2D eigenvalue weighted by Crippen LogP contribution is 2.13. The summed E-state index contributed by atoms with van der Waals surface area (Å²) in [5, 5.41) is 6.68. The van der Waals surface area contributed by atoms with Crippen LogP contribution in [0.5, 0.6) is 0 Å². The van der Waals surface area contributed by atoms with Gasteiger partial charge in [-0.1, -0.05) is 6.08 Å². The Morgan fingerprint density at radius 3 is 3.50 bits per heavy atom. The van der Waals surface area contributed by atoms with Gasteiger partial charge in [0.15, 0.2) is 0 Å². The number of rotatable bonds is 0. The molecule has 44 valence electrons. The molecular weight excluding hydrogens is 100 g/mol. The van der Waals surface area contributed by atoms with E-state index in [9.17, 15) is 0 Å². The maximum atomic E-state index is 3.36. The van der Waals surface area contributed by atoms with E-state index in [2.05, 4.69) is 16.7 Å². The molecule has 8 heavy (non-hydrogen) atoms. The largest absolute Gasteiger partial charge is 0.387 e. The first-order valence-corrected chi connectivity index (χ1v) is 3.14.